The number of amides is 1. The Morgan fingerprint density at radius 1 is 1.27 bits per heavy atom. The smallest absolute Gasteiger partial charge is 0.252 e. The van der Waals surface area contributed by atoms with Crippen molar-refractivity contribution >= 4 is 17.5 Å². The zero-order chi connectivity index (χ0) is 16.3. The van der Waals surface area contributed by atoms with Crippen molar-refractivity contribution in [1.29, 1.82) is 0 Å². The molecule has 0 aliphatic carbocycles. The third-order valence-corrected chi connectivity index (χ3v) is 3.51. The summed E-state index contributed by atoms with van der Waals surface area (Å²) in [6.45, 7) is 3.70. The first-order chi connectivity index (χ1) is 10.5. The van der Waals surface area contributed by atoms with Crippen molar-refractivity contribution in [2.45, 2.75) is 19.9 Å². The molecule has 6 heteroatoms. The van der Waals surface area contributed by atoms with Crippen molar-refractivity contribution in [3.05, 3.63) is 46.4 Å². The van der Waals surface area contributed by atoms with Crippen molar-refractivity contribution in [3.63, 3.8) is 0 Å². The average molecular weight is 324 g/mol. The summed E-state index contributed by atoms with van der Waals surface area (Å²) in [7, 11) is 2.98. The van der Waals surface area contributed by atoms with Gasteiger partial charge in [0.15, 0.2) is 11.5 Å². The Kier molecular flexibility index (Phi) is 4.98. The van der Waals surface area contributed by atoms with Gasteiger partial charge in [0.2, 0.25) is 0 Å². The minimum atomic E-state index is -0.274. The summed E-state index contributed by atoms with van der Waals surface area (Å²) < 4.78 is 15.8. The van der Waals surface area contributed by atoms with Crippen LogP contribution in [0.4, 0.5) is 0 Å². The van der Waals surface area contributed by atoms with Crippen molar-refractivity contribution in [1.82, 2.24) is 5.32 Å². The Balaban J connectivity index is 2.21. The molecule has 22 heavy (non-hydrogen) atoms. The lowest BCUT2D eigenvalue weighted by Crippen LogP contribution is -2.26. The van der Waals surface area contributed by atoms with E-state index in [4.69, 9.17) is 25.5 Å². The summed E-state index contributed by atoms with van der Waals surface area (Å²) in [4.78, 5) is 12.3. The Morgan fingerprint density at radius 2 is 2.00 bits per heavy atom. The summed E-state index contributed by atoms with van der Waals surface area (Å²) in [6.07, 6.45) is 0. The van der Waals surface area contributed by atoms with Crippen LogP contribution in [0, 0.1) is 6.92 Å². The van der Waals surface area contributed by atoms with Crippen LogP contribution in [-0.2, 0) is 0 Å². The molecule has 0 aliphatic rings. The number of ether oxygens (including phenoxy) is 2. The minimum Gasteiger partial charge on any atom is -0.493 e. The van der Waals surface area contributed by atoms with Crippen molar-refractivity contribution in [2.24, 2.45) is 0 Å². The van der Waals surface area contributed by atoms with Gasteiger partial charge in [0, 0.05) is 5.56 Å². The summed E-state index contributed by atoms with van der Waals surface area (Å²) in [5, 5.41) is 3.17. The highest BCUT2D eigenvalue weighted by atomic mass is 35.5. The van der Waals surface area contributed by atoms with Crippen LogP contribution in [0.2, 0.25) is 5.02 Å². The van der Waals surface area contributed by atoms with E-state index in [1.165, 1.54) is 14.2 Å². The van der Waals surface area contributed by atoms with Gasteiger partial charge in [-0.25, -0.2) is 0 Å². The number of methoxy groups -OCH3 is 2. The van der Waals surface area contributed by atoms with Crippen LogP contribution < -0.4 is 14.8 Å². The fraction of sp³-hybridized carbons (Fsp3) is 0.312. The van der Waals surface area contributed by atoms with Crippen molar-refractivity contribution in [3.8, 4) is 11.5 Å². The molecule has 1 aromatic carbocycles. The predicted molar refractivity (Wildman–Crippen MR) is 83.9 cm³/mol. The lowest BCUT2D eigenvalue weighted by atomic mass is 10.1. The second kappa shape index (κ2) is 6.75. The van der Waals surface area contributed by atoms with E-state index in [0.29, 0.717) is 27.8 Å². The summed E-state index contributed by atoms with van der Waals surface area (Å²) in [6, 6.07) is 6.55. The van der Waals surface area contributed by atoms with Crippen molar-refractivity contribution < 1.29 is 18.7 Å². The van der Waals surface area contributed by atoms with Crippen LogP contribution in [0.15, 0.2) is 28.7 Å². The van der Waals surface area contributed by atoms with E-state index in [1.807, 2.05) is 26.0 Å². The topological polar surface area (TPSA) is 60.7 Å². The lowest BCUT2D eigenvalue weighted by molar-refractivity contribution is 0.0934. The number of rotatable bonds is 5. The number of carbonyl (C=O) groups excluding carboxylic acids is 1. The maximum atomic E-state index is 12.3. The molecular formula is C16H18ClNO4. The molecule has 2 rings (SSSR count). The van der Waals surface area contributed by atoms with Gasteiger partial charge < -0.3 is 19.2 Å². The quantitative estimate of drug-likeness (QED) is 0.910. The van der Waals surface area contributed by atoms with E-state index in [0.717, 1.165) is 5.76 Å². The third-order valence-electron chi connectivity index (χ3n) is 3.23. The molecule has 0 saturated carbocycles. The van der Waals surface area contributed by atoms with Gasteiger partial charge in [-0.2, -0.15) is 0 Å². The molecule has 1 atom stereocenters. The largest absolute Gasteiger partial charge is 0.493 e. The number of carbonyl (C=O) groups is 1. The van der Waals surface area contributed by atoms with E-state index >= 15 is 0 Å². The number of hydrogen-bond acceptors (Lipinski definition) is 4. The van der Waals surface area contributed by atoms with E-state index < -0.39 is 0 Å². The SMILES string of the molecule is COc1cc(C(=O)NC(C)c2ccc(C)o2)cc(Cl)c1OC. The molecular weight excluding hydrogens is 306 g/mol. The summed E-state index contributed by atoms with van der Waals surface area (Å²) >= 11 is 6.11. The number of furan rings is 1. The highest BCUT2D eigenvalue weighted by molar-refractivity contribution is 6.32. The van der Waals surface area contributed by atoms with Crippen LogP contribution >= 0.6 is 11.6 Å². The first kappa shape index (κ1) is 16.2. The van der Waals surface area contributed by atoms with Crippen LogP contribution in [0.25, 0.3) is 0 Å². The Labute approximate surface area is 134 Å². The third kappa shape index (κ3) is 3.36. The first-order valence-corrected chi connectivity index (χ1v) is 7.12. The van der Waals surface area contributed by atoms with Gasteiger partial charge in [0.25, 0.3) is 5.91 Å². The van der Waals surface area contributed by atoms with Crippen LogP contribution in [-0.4, -0.2) is 20.1 Å². The number of benzene rings is 1. The van der Waals surface area contributed by atoms with Gasteiger partial charge in [-0.15, -0.1) is 0 Å². The standard InChI is InChI=1S/C16H18ClNO4/c1-9-5-6-13(22-9)10(2)18-16(19)11-7-12(17)15(21-4)14(8-11)20-3/h5-8,10H,1-4H3,(H,18,19). The fourth-order valence-electron chi connectivity index (χ4n) is 2.09. The Hall–Kier alpha value is -2.14. The van der Waals surface area contributed by atoms with Gasteiger partial charge in [0.05, 0.1) is 25.3 Å². The molecule has 2 aromatic rings. The monoisotopic (exact) mass is 323 g/mol. The zero-order valence-corrected chi connectivity index (χ0v) is 13.7. The normalized spacial score (nSPS) is 11.9. The molecule has 1 heterocycles. The Bertz CT molecular complexity index is 681. The molecule has 0 spiro atoms. The molecule has 1 amide bonds. The zero-order valence-electron chi connectivity index (χ0n) is 12.9. The fourth-order valence-corrected chi connectivity index (χ4v) is 2.37. The Morgan fingerprint density at radius 3 is 2.55 bits per heavy atom. The number of halogens is 1. The van der Waals surface area contributed by atoms with Gasteiger partial charge in [-0.3, -0.25) is 4.79 Å². The van der Waals surface area contributed by atoms with E-state index in [-0.39, 0.29) is 11.9 Å². The molecule has 0 fully saturated rings. The highest BCUT2D eigenvalue weighted by Gasteiger charge is 2.18. The van der Waals surface area contributed by atoms with Crippen LogP contribution in [0.1, 0.15) is 34.8 Å². The summed E-state index contributed by atoms with van der Waals surface area (Å²) in [5.74, 6) is 2.02. The van der Waals surface area contributed by atoms with E-state index in [2.05, 4.69) is 5.32 Å². The molecule has 118 valence electrons. The minimum absolute atomic E-state index is 0.256. The molecule has 1 N–H and O–H groups in total. The molecule has 1 unspecified atom stereocenters. The number of nitrogens with one attached hydrogen (secondary N) is 1. The highest BCUT2D eigenvalue weighted by Crippen LogP contribution is 2.36. The second-order valence-electron chi connectivity index (χ2n) is 4.84. The lowest BCUT2D eigenvalue weighted by Gasteiger charge is -2.14. The second-order valence-corrected chi connectivity index (χ2v) is 5.24. The first-order valence-electron chi connectivity index (χ1n) is 6.75. The number of hydrogen-bond donors (Lipinski definition) is 1. The molecule has 1 aromatic heterocycles. The van der Waals surface area contributed by atoms with Gasteiger partial charge in [-0.1, -0.05) is 11.6 Å². The van der Waals surface area contributed by atoms with Gasteiger partial charge in [0.1, 0.15) is 11.5 Å². The van der Waals surface area contributed by atoms with Gasteiger partial charge in [-0.05, 0) is 38.1 Å². The van der Waals surface area contributed by atoms with E-state index in [9.17, 15) is 4.79 Å². The van der Waals surface area contributed by atoms with Crippen LogP contribution in [0.3, 0.4) is 0 Å². The maximum Gasteiger partial charge on any atom is 0.252 e. The molecule has 0 saturated heterocycles. The predicted octanol–water partition coefficient (Wildman–Crippen LogP) is 3.75. The van der Waals surface area contributed by atoms with Crippen molar-refractivity contribution in [2.75, 3.05) is 14.2 Å². The molecule has 0 radical (unpaired) electrons. The molecule has 0 aliphatic heterocycles. The van der Waals surface area contributed by atoms with Gasteiger partial charge >= 0.3 is 0 Å². The molecule has 0 bridgehead atoms. The van der Waals surface area contributed by atoms with Crippen LogP contribution in [0.5, 0.6) is 11.5 Å². The summed E-state index contributed by atoms with van der Waals surface area (Å²) in [5.41, 5.74) is 0.387. The average Bonchev–Trinajstić information content (AvgIpc) is 2.92. The maximum absolute atomic E-state index is 12.3. The van der Waals surface area contributed by atoms with E-state index in [1.54, 1.807) is 12.1 Å². The number of aryl methyl sites for hydroxylation is 1. The molecule has 5 nitrogen and oxygen atoms in total.